The molecule has 2 heterocycles. The Balaban J connectivity index is 1.48. The zero-order chi connectivity index (χ0) is 19.4. The number of anilines is 1. The van der Waals surface area contributed by atoms with E-state index in [1.165, 1.54) is 30.5 Å². The average Bonchev–Trinajstić information content (AvgIpc) is 3.25. The molecule has 0 aliphatic heterocycles. The zero-order valence-corrected chi connectivity index (χ0v) is 14.2. The van der Waals surface area contributed by atoms with Crippen molar-refractivity contribution in [2.45, 2.75) is 12.6 Å². The minimum absolute atomic E-state index is 0.159. The molecule has 0 atom stereocenters. The summed E-state index contributed by atoms with van der Waals surface area (Å²) in [6, 6.07) is 4.88. The van der Waals surface area contributed by atoms with Crippen molar-refractivity contribution in [3.63, 3.8) is 0 Å². The van der Waals surface area contributed by atoms with Crippen LogP contribution in [0.2, 0.25) is 0 Å². The third-order valence-electron chi connectivity index (χ3n) is 3.20. The molecule has 7 nitrogen and oxygen atoms in total. The first-order valence-corrected chi connectivity index (χ1v) is 8.29. The van der Waals surface area contributed by atoms with Gasteiger partial charge in [-0.25, -0.2) is 14.2 Å². The van der Waals surface area contributed by atoms with Crippen molar-refractivity contribution < 1.29 is 26.8 Å². The quantitative estimate of drug-likeness (QED) is 0.636. The van der Waals surface area contributed by atoms with E-state index in [1.54, 1.807) is 0 Å². The van der Waals surface area contributed by atoms with E-state index in [-0.39, 0.29) is 28.8 Å². The molecular formula is C15H11F4N5O2S. The fourth-order valence-corrected chi connectivity index (χ4v) is 2.59. The SMILES string of the molecule is O=C(NCCc1coc(-c2ccc(F)cc2)n1)Nc1nnc(C(F)(F)F)s1. The van der Waals surface area contributed by atoms with Crippen molar-refractivity contribution in [1.29, 1.82) is 0 Å². The van der Waals surface area contributed by atoms with Gasteiger partial charge in [-0.05, 0) is 24.3 Å². The molecule has 12 heteroatoms. The van der Waals surface area contributed by atoms with Crippen LogP contribution in [-0.4, -0.2) is 27.8 Å². The molecule has 142 valence electrons. The third kappa shape index (κ3) is 5.00. The van der Waals surface area contributed by atoms with Gasteiger partial charge in [0.1, 0.15) is 12.1 Å². The van der Waals surface area contributed by atoms with Crippen LogP contribution in [0.3, 0.4) is 0 Å². The minimum Gasteiger partial charge on any atom is -0.444 e. The molecule has 3 aromatic rings. The Hall–Kier alpha value is -3.02. The number of amides is 2. The van der Waals surface area contributed by atoms with Gasteiger partial charge in [0.15, 0.2) is 0 Å². The molecule has 0 saturated heterocycles. The van der Waals surface area contributed by atoms with Crippen molar-refractivity contribution in [1.82, 2.24) is 20.5 Å². The van der Waals surface area contributed by atoms with Crippen LogP contribution in [0.5, 0.6) is 0 Å². The number of oxazole rings is 1. The third-order valence-corrected chi connectivity index (χ3v) is 4.08. The van der Waals surface area contributed by atoms with Crippen LogP contribution in [0.25, 0.3) is 11.5 Å². The summed E-state index contributed by atoms with van der Waals surface area (Å²) in [5.41, 5.74) is 1.15. The monoisotopic (exact) mass is 401 g/mol. The molecule has 0 aliphatic carbocycles. The summed E-state index contributed by atoms with van der Waals surface area (Å²) in [5.74, 6) is -0.0680. The lowest BCUT2D eigenvalue weighted by Crippen LogP contribution is -2.30. The molecule has 0 fully saturated rings. The van der Waals surface area contributed by atoms with E-state index in [9.17, 15) is 22.4 Å². The summed E-state index contributed by atoms with van der Waals surface area (Å²) < 4.78 is 55.5. The maximum atomic E-state index is 12.9. The van der Waals surface area contributed by atoms with E-state index in [4.69, 9.17) is 4.42 Å². The van der Waals surface area contributed by atoms with Crippen LogP contribution < -0.4 is 10.6 Å². The van der Waals surface area contributed by atoms with Gasteiger partial charge in [0.2, 0.25) is 16.0 Å². The van der Waals surface area contributed by atoms with Crippen LogP contribution >= 0.6 is 11.3 Å². The first-order chi connectivity index (χ1) is 12.8. The van der Waals surface area contributed by atoms with Gasteiger partial charge in [-0.3, -0.25) is 5.32 Å². The summed E-state index contributed by atoms with van der Waals surface area (Å²) in [5, 5.41) is 9.44. The fourth-order valence-electron chi connectivity index (χ4n) is 1.98. The van der Waals surface area contributed by atoms with Crippen molar-refractivity contribution in [3.8, 4) is 11.5 Å². The molecule has 0 bridgehead atoms. The summed E-state index contributed by atoms with van der Waals surface area (Å²) in [6.45, 7) is 0.159. The highest BCUT2D eigenvalue weighted by Crippen LogP contribution is 2.32. The molecule has 3 rings (SSSR count). The molecule has 0 radical (unpaired) electrons. The molecule has 2 amide bonds. The number of benzene rings is 1. The predicted molar refractivity (Wildman–Crippen MR) is 87.5 cm³/mol. The summed E-state index contributed by atoms with van der Waals surface area (Å²) in [6.07, 6.45) is -2.89. The fraction of sp³-hybridized carbons (Fsp3) is 0.200. The van der Waals surface area contributed by atoms with Gasteiger partial charge in [0, 0.05) is 18.5 Å². The van der Waals surface area contributed by atoms with Crippen LogP contribution in [0, 0.1) is 5.82 Å². The van der Waals surface area contributed by atoms with Crippen LogP contribution in [-0.2, 0) is 12.6 Å². The number of hydrogen-bond donors (Lipinski definition) is 2. The smallest absolute Gasteiger partial charge is 0.444 e. The number of hydrogen-bond acceptors (Lipinski definition) is 6. The molecule has 0 aliphatic rings. The Morgan fingerprint density at radius 3 is 2.59 bits per heavy atom. The van der Waals surface area contributed by atoms with Gasteiger partial charge >= 0.3 is 12.2 Å². The van der Waals surface area contributed by atoms with E-state index < -0.39 is 17.2 Å². The van der Waals surface area contributed by atoms with Crippen LogP contribution in [0.15, 0.2) is 34.9 Å². The molecule has 0 spiro atoms. The highest BCUT2D eigenvalue weighted by atomic mass is 32.1. The van der Waals surface area contributed by atoms with E-state index in [0.29, 0.717) is 23.6 Å². The molecule has 2 aromatic heterocycles. The minimum atomic E-state index is -4.61. The van der Waals surface area contributed by atoms with Gasteiger partial charge < -0.3 is 9.73 Å². The highest BCUT2D eigenvalue weighted by Gasteiger charge is 2.35. The first-order valence-electron chi connectivity index (χ1n) is 7.47. The molecule has 27 heavy (non-hydrogen) atoms. The lowest BCUT2D eigenvalue weighted by molar-refractivity contribution is -0.138. The Labute approximate surface area is 153 Å². The maximum Gasteiger partial charge on any atom is 0.445 e. The van der Waals surface area contributed by atoms with Crippen LogP contribution in [0.4, 0.5) is 27.5 Å². The predicted octanol–water partition coefficient (Wildman–Crippen LogP) is 3.72. The van der Waals surface area contributed by atoms with Gasteiger partial charge in [-0.15, -0.1) is 10.2 Å². The summed E-state index contributed by atoms with van der Waals surface area (Å²) in [4.78, 5) is 15.9. The number of nitrogens with zero attached hydrogens (tertiary/aromatic N) is 3. The Morgan fingerprint density at radius 2 is 1.93 bits per heavy atom. The first kappa shape index (κ1) is 18.8. The molecule has 1 aromatic carbocycles. The van der Waals surface area contributed by atoms with Gasteiger partial charge in [0.25, 0.3) is 0 Å². The molecular weight excluding hydrogens is 390 g/mol. The Kier molecular flexibility index (Phi) is 5.35. The number of alkyl halides is 3. The standard InChI is InChI=1S/C15H11F4N5O2S/c16-9-3-1-8(2-4-9)11-21-10(7-26-11)5-6-20-13(25)22-14-24-23-12(27-14)15(17,18)19/h1-4,7H,5-6H2,(H2,20,22,24,25). The molecule has 2 N–H and O–H groups in total. The van der Waals surface area contributed by atoms with Crippen molar-refractivity contribution in [2.75, 3.05) is 11.9 Å². The highest BCUT2D eigenvalue weighted by molar-refractivity contribution is 7.15. The van der Waals surface area contributed by atoms with E-state index >= 15 is 0 Å². The second-order valence-electron chi connectivity index (χ2n) is 5.19. The van der Waals surface area contributed by atoms with E-state index in [0.717, 1.165) is 0 Å². The van der Waals surface area contributed by atoms with E-state index in [2.05, 4.69) is 25.8 Å². The lowest BCUT2D eigenvalue weighted by atomic mass is 10.2. The van der Waals surface area contributed by atoms with E-state index in [1.807, 2.05) is 0 Å². The van der Waals surface area contributed by atoms with Gasteiger partial charge in [0.05, 0.1) is 5.69 Å². The zero-order valence-electron chi connectivity index (χ0n) is 13.4. The Morgan fingerprint density at radius 1 is 1.19 bits per heavy atom. The van der Waals surface area contributed by atoms with Crippen molar-refractivity contribution in [3.05, 3.63) is 47.0 Å². The number of urea groups is 1. The second-order valence-corrected chi connectivity index (χ2v) is 6.17. The Bertz CT molecular complexity index is 923. The van der Waals surface area contributed by atoms with Crippen molar-refractivity contribution in [2.24, 2.45) is 0 Å². The normalized spacial score (nSPS) is 11.4. The number of nitrogens with one attached hydrogen (secondary N) is 2. The van der Waals surface area contributed by atoms with Gasteiger partial charge in [-0.2, -0.15) is 13.2 Å². The van der Waals surface area contributed by atoms with Crippen LogP contribution in [0.1, 0.15) is 10.7 Å². The number of carbonyl (C=O) groups excluding carboxylic acids is 1. The summed E-state index contributed by atoms with van der Waals surface area (Å²) >= 11 is 0.227. The second kappa shape index (κ2) is 7.70. The molecule has 0 unspecified atom stereocenters. The van der Waals surface area contributed by atoms with Gasteiger partial charge in [-0.1, -0.05) is 11.3 Å². The topological polar surface area (TPSA) is 92.9 Å². The maximum absolute atomic E-state index is 12.9. The average molecular weight is 401 g/mol. The lowest BCUT2D eigenvalue weighted by Gasteiger charge is -2.03. The number of carbonyl (C=O) groups is 1. The molecule has 0 saturated carbocycles. The number of rotatable bonds is 5. The number of aromatic nitrogens is 3. The largest absolute Gasteiger partial charge is 0.445 e. The number of halogens is 4. The van der Waals surface area contributed by atoms with Crippen molar-refractivity contribution >= 4 is 22.5 Å². The summed E-state index contributed by atoms with van der Waals surface area (Å²) in [7, 11) is 0.